The molecule has 1 atom stereocenters. The first-order valence-electron chi connectivity index (χ1n) is 11.7. The maximum Gasteiger partial charge on any atom is 0.339 e. The lowest BCUT2D eigenvalue weighted by atomic mass is 9.84. The van der Waals surface area contributed by atoms with Crippen LogP contribution < -0.4 is 0 Å². The summed E-state index contributed by atoms with van der Waals surface area (Å²) in [5.41, 5.74) is 3.95. The summed E-state index contributed by atoms with van der Waals surface area (Å²) in [5.74, 6) is -0.169. The number of benzene rings is 2. The van der Waals surface area contributed by atoms with Gasteiger partial charge in [0, 0.05) is 23.2 Å². The van der Waals surface area contributed by atoms with Crippen molar-refractivity contribution in [2.45, 2.75) is 59.0 Å². The minimum absolute atomic E-state index is 0.208. The lowest BCUT2D eigenvalue weighted by Crippen LogP contribution is -2.46. The van der Waals surface area contributed by atoms with E-state index < -0.39 is 11.5 Å². The number of aromatic nitrogens is 1. The summed E-state index contributed by atoms with van der Waals surface area (Å²) in [6.45, 7) is 8.34. The lowest BCUT2D eigenvalue weighted by molar-refractivity contribution is -0.140. The normalized spacial score (nSPS) is 15.7. The van der Waals surface area contributed by atoms with Crippen molar-refractivity contribution >= 4 is 22.8 Å². The Hall–Kier alpha value is -3.21. The zero-order valence-corrected chi connectivity index (χ0v) is 19.9. The third-order valence-corrected chi connectivity index (χ3v) is 6.33. The predicted molar refractivity (Wildman–Crippen MR) is 130 cm³/mol. The zero-order chi connectivity index (χ0) is 23.6. The van der Waals surface area contributed by atoms with Crippen LogP contribution >= 0.6 is 0 Å². The van der Waals surface area contributed by atoms with Gasteiger partial charge in [-0.2, -0.15) is 0 Å². The lowest BCUT2D eigenvalue weighted by Gasteiger charge is -2.35. The molecule has 1 amide bonds. The summed E-state index contributed by atoms with van der Waals surface area (Å²) in [4.78, 5) is 33.1. The molecule has 0 aliphatic heterocycles. The van der Waals surface area contributed by atoms with Gasteiger partial charge in [0.15, 0.2) is 6.61 Å². The quantitative estimate of drug-likeness (QED) is 0.498. The van der Waals surface area contributed by atoms with Crippen molar-refractivity contribution in [3.05, 3.63) is 77.0 Å². The number of carbonyl (C=O) groups is 2. The first-order chi connectivity index (χ1) is 15.7. The summed E-state index contributed by atoms with van der Waals surface area (Å²) in [7, 11) is 0. The summed E-state index contributed by atoms with van der Waals surface area (Å²) in [6, 6.07) is 17.5. The first kappa shape index (κ1) is 23.0. The van der Waals surface area contributed by atoms with Crippen LogP contribution in [0.15, 0.2) is 54.6 Å². The highest BCUT2D eigenvalue weighted by Crippen LogP contribution is 2.32. The van der Waals surface area contributed by atoms with Gasteiger partial charge in [0.2, 0.25) is 0 Å². The van der Waals surface area contributed by atoms with E-state index in [0.29, 0.717) is 18.0 Å². The monoisotopic (exact) mass is 444 g/mol. The Bertz CT molecular complexity index is 1160. The molecule has 33 heavy (non-hydrogen) atoms. The molecular formula is C28H32N2O3. The number of pyridine rings is 1. The van der Waals surface area contributed by atoms with Crippen LogP contribution in [0.5, 0.6) is 0 Å². The van der Waals surface area contributed by atoms with Gasteiger partial charge >= 0.3 is 5.97 Å². The van der Waals surface area contributed by atoms with Crippen molar-refractivity contribution in [3.8, 4) is 0 Å². The fourth-order valence-corrected chi connectivity index (χ4v) is 4.54. The second kappa shape index (κ2) is 9.34. The van der Waals surface area contributed by atoms with Gasteiger partial charge in [-0.1, -0.05) is 55.5 Å². The Kier molecular flexibility index (Phi) is 6.50. The van der Waals surface area contributed by atoms with Gasteiger partial charge in [-0.25, -0.2) is 4.79 Å². The highest BCUT2D eigenvalue weighted by Gasteiger charge is 2.29. The summed E-state index contributed by atoms with van der Waals surface area (Å²) < 4.78 is 5.66. The van der Waals surface area contributed by atoms with Crippen molar-refractivity contribution in [1.29, 1.82) is 0 Å². The number of ether oxygens (including phenoxy) is 1. The Morgan fingerprint density at radius 2 is 1.76 bits per heavy atom. The second-order valence-electron chi connectivity index (χ2n) is 9.99. The van der Waals surface area contributed by atoms with E-state index in [1.54, 1.807) is 4.90 Å². The van der Waals surface area contributed by atoms with E-state index in [-0.39, 0.29) is 12.5 Å². The smallest absolute Gasteiger partial charge is 0.339 e. The number of nitrogens with zero attached hydrogens (tertiary/aromatic N) is 2. The van der Waals surface area contributed by atoms with Gasteiger partial charge in [0.1, 0.15) is 0 Å². The largest absolute Gasteiger partial charge is 0.452 e. The number of amides is 1. The molecule has 0 N–H and O–H groups in total. The molecule has 0 saturated carbocycles. The molecule has 1 aromatic heterocycles. The molecule has 1 heterocycles. The molecule has 0 spiro atoms. The zero-order valence-electron chi connectivity index (χ0n) is 19.9. The molecule has 0 radical (unpaired) electrons. The van der Waals surface area contributed by atoms with E-state index in [1.807, 2.05) is 75.4 Å². The minimum Gasteiger partial charge on any atom is -0.452 e. The number of aryl methyl sites for hydroxylation is 1. The number of esters is 1. The van der Waals surface area contributed by atoms with Crippen LogP contribution in [0.3, 0.4) is 0 Å². The third-order valence-electron chi connectivity index (χ3n) is 6.33. The van der Waals surface area contributed by atoms with Crippen LogP contribution in [0.2, 0.25) is 0 Å². The Balaban J connectivity index is 1.58. The number of hydrogen-bond acceptors (Lipinski definition) is 4. The molecule has 5 heteroatoms. The maximum absolute atomic E-state index is 13.4. The number of para-hydroxylation sites is 1. The fraction of sp³-hybridized carbons (Fsp3) is 0.393. The van der Waals surface area contributed by atoms with E-state index in [0.717, 1.165) is 47.0 Å². The Labute approximate surface area is 195 Å². The molecule has 4 rings (SSSR count). The van der Waals surface area contributed by atoms with E-state index >= 15 is 0 Å². The van der Waals surface area contributed by atoms with Crippen molar-refractivity contribution in [1.82, 2.24) is 9.88 Å². The molecule has 1 unspecified atom stereocenters. The molecule has 1 aliphatic carbocycles. The van der Waals surface area contributed by atoms with E-state index in [4.69, 9.17) is 9.72 Å². The topological polar surface area (TPSA) is 59.5 Å². The first-order valence-corrected chi connectivity index (χ1v) is 11.7. The van der Waals surface area contributed by atoms with Crippen molar-refractivity contribution in [2.75, 3.05) is 6.61 Å². The highest BCUT2D eigenvalue weighted by atomic mass is 16.5. The van der Waals surface area contributed by atoms with Gasteiger partial charge in [-0.3, -0.25) is 9.78 Å². The van der Waals surface area contributed by atoms with E-state index in [1.165, 1.54) is 0 Å². The standard InChI is InChI=1S/C28H32N2O3/c1-19-14-15-24-22(16-19)26(21-12-8-9-13-23(21)29-24)27(32)33-18-25(31)30(28(2,3)4)17-20-10-6-5-7-11-20/h5-13,19H,14-18H2,1-4H3. The number of rotatable bonds is 5. The third kappa shape index (κ3) is 5.08. The van der Waals surface area contributed by atoms with Gasteiger partial charge in [0.05, 0.1) is 11.1 Å². The predicted octanol–water partition coefficient (Wildman–Crippen LogP) is 5.34. The van der Waals surface area contributed by atoms with Crippen LogP contribution in [0.25, 0.3) is 10.9 Å². The van der Waals surface area contributed by atoms with Crippen molar-refractivity contribution < 1.29 is 14.3 Å². The van der Waals surface area contributed by atoms with Crippen molar-refractivity contribution in [2.24, 2.45) is 5.92 Å². The van der Waals surface area contributed by atoms with Crippen LogP contribution in [-0.2, 0) is 28.9 Å². The number of carbonyl (C=O) groups excluding carboxylic acids is 2. The molecule has 0 bridgehead atoms. The maximum atomic E-state index is 13.4. The van der Waals surface area contributed by atoms with Crippen LogP contribution in [0.1, 0.15) is 61.3 Å². The molecule has 5 nitrogen and oxygen atoms in total. The van der Waals surface area contributed by atoms with E-state index in [9.17, 15) is 9.59 Å². The van der Waals surface area contributed by atoms with Crippen molar-refractivity contribution in [3.63, 3.8) is 0 Å². The van der Waals surface area contributed by atoms with Gasteiger partial charge in [0.25, 0.3) is 5.91 Å². The molecule has 0 fully saturated rings. The summed E-state index contributed by atoms with van der Waals surface area (Å²) >= 11 is 0. The minimum atomic E-state index is -0.444. The molecule has 172 valence electrons. The molecule has 3 aromatic rings. The van der Waals surface area contributed by atoms with Gasteiger partial charge in [-0.15, -0.1) is 0 Å². The molecule has 0 saturated heterocycles. The van der Waals surface area contributed by atoms with Gasteiger partial charge in [-0.05, 0) is 63.1 Å². The summed E-state index contributed by atoms with van der Waals surface area (Å²) in [6.07, 6.45) is 2.72. The van der Waals surface area contributed by atoms with Crippen LogP contribution in [0, 0.1) is 5.92 Å². The highest BCUT2D eigenvalue weighted by molar-refractivity contribution is 6.05. The Morgan fingerprint density at radius 3 is 2.48 bits per heavy atom. The Morgan fingerprint density at radius 1 is 1.06 bits per heavy atom. The SMILES string of the molecule is CC1CCc2nc3ccccc3c(C(=O)OCC(=O)N(Cc3ccccc3)C(C)(C)C)c2C1. The average Bonchev–Trinajstić information content (AvgIpc) is 2.79. The molecular weight excluding hydrogens is 412 g/mol. The number of hydrogen-bond donors (Lipinski definition) is 0. The number of fused-ring (bicyclic) bond motifs is 2. The van der Waals surface area contributed by atoms with Gasteiger partial charge < -0.3 is 9.64 Å². The molecule has 2 aromatic carbocycles. The summed E-state index contributed by atoms with van der Waals surface area (Å²) in [5, 5.41) is 0.791. The fourth-order valence-electron chi connectivity index (χ4n) is 4.54. The van der Waals surface area contributed by atoms with Crippen LogP contribution in [-0.4, -0.2) is 33.9 Å². The average molecular weight is 445 g/mol. The van der Waals surface area contributed by atoms with E-state index in [2.05, 4.69) is 6.92 Å². The van der Waals surface area contributed by atoms with Crippen LogP contribution in [0.4, 0.5) is 0 Å². The molecule has 1 aliphatic rings. The second-order valence-corrected chi connectivity index (χ2v) is 9.99.